The van der Waals surface area contributed by atoms with Crippen LogP contribution in [0.15, 0.2) is 10.5 Å². The lowest BCUT2D eigenvalue weighted by molar-refractivity contribution is 0.958. The van der Waals surface area contributed by atoms with Crippen molar-refractivity contribution in [2.45, 2.75) is 30.4 Å². The van der Waals surface area contributed by atoms with Crippen molar-refractivity contribution in [1.29, 1.82) is 0 Å². The van der Waals surface area contributed by atoms with Crippen LogP contribution in [0, 0.1) is 13.8 Å². The van der Waals surface area contributed by atoms with Gasteiger partial charge in [-0.1, -0.05) is 23.1 Å². The van der Waals surface area contributed by atoms with Gasteiger partial charge in [0.05, 0.1) is 10.8 Å². The molecule has 0 atom stereocenters. The quantitative estimate of drug-likeness (QED) is 0.663. The highest BCUT2D eigenvalue weighted by atomic mass is 32.2. The monoisotopic (exact) mass is 341 g/mol. The van der Waals surface area contributed by atoms with Crippen molar-refractivity contribution in [3.63, 3.8) is 0 Å². The van der Waals surface area contributed by atoms with E-state index in [0.29, 0.717) is 0 Å². The predicted molar refractivity (Wildman–Crippen MR) is 83.8 cm³/mol. The van der Waals surface area contributed by atoms with Crippen LogP contribution in [0.2, 0.25) is 0 Å². The average molecular weight is 342 g/mol. The molecule has 0 aliphatic rings. The van der Waals surface area contributed by atoms with E-state index in [9.17, 15) is 0 Å². The van der Waals surface area contributed by atoms with E-state index >= 15 is 0 Å². The molecule has 3 aromatic rings. The number of thiazole rings is 1. The van der Waals surface area contributed by atoms with Crippen LogP contribution in [0.1, 0.15) is 24.9 Å². The third-order valence-corrected chi connectivity index (χ3v) is 6.33. The lowest BCUT2D eigenvalue weighted by Gasteiger charge is -1.90. The lowest BCUT2D eigenvalue weighted by Crippen LogP contribution is -1.82. The Kier molecular flexibility index (Phi) is 4.39. The maximum Gasteiger partial charge on any atom is 0.174 e. The number of rotatable bonds is 5. The molecule has 0 amide bonds. The van der Waals surface area contributed by atoms with Gasteiger partial charge in [0.1, 0.15) is 15.0 Å². The summed E-state index contributed by atoms with van der Waals surface area (Å²) < 4.78 is 0.981. The first-order valence-electron chi connectivity index (χ1n) is 5.84. The van der Waals surface area contributed by atoms with Gasteiger partial charge in [-0.3, -0.25) is 0 Å². The molecule has 0 N–H and O–H groups in total. The summed E-state index contributed by atoms with van der Waals surface area (Å²) in [6, 6.07) is 0. The van der Waals surface area contributed by atoms with E-state index in [4.69, 9.17) is 0 Å². The molecule has 3 aromatic heterocycles. The smallest absolute Gasteiger partial charge is 0.174 e. The van der Waals surface area contributed by atoms with Gasteiger partial charge in [0.25, 0.3) is 0 Å². The van der Waals surface area contributed by atoms with Crippen LogP contribution < -0.4 is 0 Å². The minimum atomic E-state index is 0.805. The van der Waals surface area contributed by atoms with Gasteiger partial charge in [-0.25, -0.2) is 4.98 Å². The molecule has 20 heavy (non-hydrogen) atoms. The predicted octanol–water partition coefficient (Wildman–Crippen LogP) is 3.35. The second-order valence-electron chi connectivity index (χ2n) is 3.99. The summed E-state index contributed by atoms with van der Waals surface area (Å²) in [4.78, 5) is 5.49. The Morgan fingerprint density at radius 1 is 0.950 bits per heavy atom. The second-order valence-corrected chi connectivity index (χ2v) is 8.86. The molecule has 9 heteroatoms. The zero-order valence-corrected chi connectivity index (χ0v) is 14.1. The maximum atomic E-state index is 4.25. The minimum Gasteiger partial charge on any atom is -0.250 e. The third kappa shape index (κ3) is 3.60. The molecule has 0 saturated carbocycles. The van der Waals surface area contributed by atoms with Gasteiger partial charge in [-0.05, 0) is 13.8 Å². The van der Waals surface area contributed by atoms with Crippen molar-refractivity contribution >= 4 is 45.8 Å². The largest absolute Gasteiger partial charge is 0.250 e. The van der Waals surface area contributed by atoms with Crippen molar-refractivity contribution in [2.24, 2.45) is 0 Å². The van der Waals surface area contributed by atoms with Crippen LogP contribution in [0.5, 0.6) is 0 Å². The van der Waals surface area contributed by atoms with Crippen molar-refractivity contribution in [2.75, 3.05) is 0 Å². The molecular formula is C11H11N5S4. The van der Waals surface area contributed by atoms with E-state index in [1.807, 2.05) is 20.0 Å². The summed E-state index contributed by atoms with van der Waals surface area (Å²) in [5.74, 6) is 0.805. The van der Waals surface area contributed by atoms with E-state index in [1.165, 1.54) is 4.88 Å². The van der Waals surface area contributed by atoms with E-state index in [2.05, 4.69) is 25.4 Å². The number of aromatic nitrogens is 5. The fraction of sp³-hybridized carbons (Fsp3) is 0.364. The van der Waals surface area contributed by atoms with Gasteiger partial charge >= 0.3 is 0 Å². The van der Waals surface area contributed by atoms with Crippen molar-refractivity contribution in [3.8, 4) is 0 Å². The fourth-order valence-corrected chi connectivity index (χ4v) is 5.03. The van der Waals surface area contributed by atoms with Crippen molar-refractivity contribution in [1.82, 2.24) is 25.4 Å². The number of hydrogen-bond acceptors (Lipinski definition) is 9. The molecule has 0 unspecified atom stereocenters. The molecule has 3 heterocycles. The molecule has 0 aliphatic heterocycles. The number of hydrogen-bond donors (Lipinski definition) is 0. The normalized spacial score (nSPS) is 11.1. The molecule has 104 valence electrons. The summed E-state index contributed by atoms with van der Waals surface area (Å²) in [5.41, 5.74) is 0. The molecule has 0 saturated heterocycles. The summed E-state index contributed by atoms with van der Waals surface area (Å²) in [6.07, 6.45) is 2.74. The molecule has 5 nitrogen and oxygen atoms in total. The average Bonchev–Trinajstić information content (AvgIpc) is 3.11. The molecule has 3 rings (SSSR count). The van der Waals surface area contributed by atoms with Gasteiger partial charge < -0.3 is 0 Å². The second kappa shape index (κ2) is 6.25. The molecule has 0 aliphatic carbocycles. The molecule has 0 radical (unpaired) electrons. The van der Waals surface area contributed by atoms with Crippen LogP contribution in [0.3, 0.4) is 0 Å². The van der Waals surface area contributed by atoms with Crippen LogP contribution in [0.25, 0.3) is 0 Å². The Morgan fingerprint density at radius 3 is 2.50 bits per heavy atom. The van der Waals surface area contributed by atoms with Gasteiger partial charge in [0.2, 0.25) is 0 Å². The topological polar surface area (TPSA) is 64.5 Å². The summed E-state index contributed by atoms with van der Waals surface area (Å²) in [5, 5.41) is 20.7. The van der Waals surface area contributed by atoms with Crippen LogP contribution >= 0.6 is 45.8 Å². The van der Waals surface area contributed by atoms with Crippen LogP contribution in [-0.2, 0) is 12.2 Å². The Balaban J connectivity index is 1.59. The van der Waals surface area contributed by atoms with Crippen LogP contribution in [-0.4, -0.2) is 25.4 Å². The van der Waals surface area contributed by atoms with Gasteiger partial charge in [0, 0.05) is 17.5 Å². The van der Waals surface area contributed by atoms with E-state index in [1.54, 1.807) is 45.8 Å². The number of aryl methyl sites for hydroxylation is 2. The van der Waals surface area contributed by atoms with Gasteiger partial charge in [-0.15, -0.1) is 43.1 Å². The Labute approximate surface area is 132 Å². The highest BCUT2D eigenvalue weighted by molar-refractivity contribution is 8.00. The highest BCUT2D eigenvalue weighted by Crippen LogP contribution is 2.28. The van der Waals surface area contributed by atoms with Crippen LogP contribution in [0.4, 0.5) is 0 Å². The molecule has 0 aromatic carbocycles. The van der Waals surface area contributed by atoms with E-state index in [-0.39, 0.29) is 0 Å². The van der Waals surface area contributed by atoms with Crippen molar-refractivity contribution < 1.29 is 0 Å². The first-order chi connectivity index (χ1) is 9.69. The highest BCUT2D eigenvalue weighted by Gasteiger charge is 2.09. The van der Waals surface area contributed by atoms with Gasteiger partial charge in [-0.2, -0.15) is 0 Å². The Hall–Kier alpha value is -0.900. The molecular weight excluding hydrogens is 330 g/mol. The van der Waals surface area contributed by atoms with E-state index < -0.39 is 0 Å². The lowest BCUT2D eigenvalue weighted by atomic mass is 10.4. The summed E-state index contributed by atoms with van der Waals surface area (Å²) >= 11 is 6.64. The van der Waals surface area contributed by atoms with E-state index in [0.717, 1.165) is 36.5 Å². The number of nitrogens with zero attached hydrogens (tertiary/aromatic N) is 5. The molecule has 0 bridgehead atoms. The minimum absolute atomic E-state index is 0.805. The maximum absolute atomic E-state index is 4.25. The van der Waals surface area contributed by atoms with Gasteiger partial charge in [0.15, 0.2) is 4.34 Å². The SMILES string of the molecule is Cc1ncc(Cc2nnc(SCc3nnc(C)s3)s2)s1. The Morgan fingerprint density at radius 2 is 1.80 bits per heavy atom. The molecule has 0 fully saturated rings. The zero-order chi connectivity index (χ0) is 13.9. The summed E-state index contributed by atoms with van der Waals surface area (Å²) in [7, 11) is 0. The third-order valence-electron chi connectivity index (χ3n) is 2.33. The Bertz CT molecular complexity index is 701. The number of thioether (sulfide) groups is 1. The standard InChI is InChI=1S/C11H11N5S4/c1-6-12-4-8(18-6)3-9-14-16-11(20-9)17-5-10-15-13-7(2)19-10/h4H,3,5H2,1-2H3. The first kappa shape index (κ1) is 14.1. The fourth-order valence-electron chi connectivity index (χ4n) is 1.52. The molecule has 0 spiro atoms. The first-order valence-corrected chi connectivity index (χ1v) is 9.28. The zero-order valence-electron chi connectivity index (χ0n) is 10.9. The van der Waals surface area contributed by atoms with Crippen molar-refractivity contribution in [3.05, 3.63) is 31.1 Å². The summed E-state index contributed by atoms with van der Waals surface area (Å²) in [6.45, 7) is 3.98.